The van der Waals surface area contributed by atoms with Gasteiger partial charge >= 0.3 is 0 Å². The van der Waals surface area contributed by atoms with Crippen molar-refractivity contribution in [2.75, 3.05) is 27.2 Å². The minimum atomic E-state index is 0.465. The average Bonchev–Trinajstić information content (AvgIpc) is 2.41. The Kier molecular flexibility index (Phi) is 9.66. The molecule has 1 aliphatic heterocycles. The van der Waals surface area contributed by atoms with Crippen LogP contribution in [0.1, 0.15) is 91.4 Å². The largest absolute Gasteiger partial charge is 0.304 e. The van der Waals surface area contributed by atoms with Gasteiger partial charge < -0.3 is 4.90 Å². The van der Waals surface area contributed by atoms with Crippen molar-refractivity contribution in [3.05, 3.63) is 0 Å². The molecule has 2 heteroatoms. The third-order valence-corrected chi connectivity index (χ3v) is 5.74. The van der Waals surface area contributed by atoms with Crippen molar-refractivity contribution in [2.24, 2.45) is 0 Å². The number of likely N-dealkylation sites (N-methyl/N-ethyl adjacent to an activating group) is 1. The van der Waals surface area contributed by atoms with E-state index in [1.807, 2.05) is 0 Å². The van der Waals surface area contributed by atoms with E-state index in [0.717, 1.165) is 6.04 Å². The maximum Gasteiger partial charge on any atom is 0.0344 e. The maximum atomic E-state index is 2.78. The highest BCUT2D eigenvalue weighted by Gasteiger charge is 2.40. The molecular weight excluding hydrogens is 268 g/mol. The van der Waals surface area contributed by atoms with Crippen LogP contribution in [0.4, 0.5) is 0 Å². The quantitative estimate of drug-likeness (QED) is 0.425. The second-order valence-electron chi connectivity index (χ2n) is 7.99. The van der Waals surface area contributed by atoms with Crippen LogP contribution in [0.25, 0.3) is 0 Å². The smallest absolute Gasteiger partial charge is 0.0344 e. The van der Waals surface area contributed by atoms with E-state index in [1.54, 1.807) is 0 Å². The number of unbranched alkanes of at least 4 members (excludes halogenated alkanes) is 7. The number of nitrogens with zero attached hydrogens (tertiary/aromatic N) is 2. The molecule has 1 fully saturated rings. The van der Waals surface area contributed by atoms with Crippen LogP contribution in [0, 0.1) is 0 Å². The lowest BCUT2D eigenvalue weighted by molar-refractivity contribution is -0.0317. The van der Waals surface area contributed by atoms with Gasteiger partial charge in [0, 0.05) is 24.7 Å². The Hall–Kier alpha value is -0.0800. The third-order valence-electron chi connectivity index (χ3n) is 5.74. The van der Waals surface area contributed by atoms with Crippen LogP contribution < -0.4 is 0 Å². The molecule has 1 saturated heterocycles. The number of hydrogen-bond acceptors (Lipinski definition) is 2. The summed E-state index contributed by atoms with van der Waals surface area (Å²) in [6.07, 6.45) is 15.5. The van der Waals surface area contributed by atoms with Gasteiger partial charge in [0.25, 0.3) is 0 Å². The predicted molar refractivity (Wildman–Crippen MR) is 99.6 cm³/mol. The van der Waals surface area contributed by atoms with Crippen molar-refractivity contribution >= 4 is 0 Å². The van der Waals surface area contributed by atoms with E-state index < -0.39 is 0 Å². The Morgan fingerprint density at radius 2 is 1.27 bits per heavy atom. The van der Waals surface area contributed by atoms with Gasteiger partial charge in [-0.05, 0) is 33.9 Å². The van der Waals surface area contributed by atoms with Crippen molar-refractivity contribution < 1.29 is 0 Å². The summed E-state index contributed by atoms with van der Waals surface area (Å²) in [5.74, 6) is 0. The number of likely N-dealkylation sites (tertiary alicyclic amines) is 1. The van der Waals surface area contributed by atoms with E-state index in [1.165, 1.54) is 83.7 Å². The molecule has 0 aromatic rings. The Balaban J connectivity index is 2.38. The lowest BCUT2D eigenvalue weighted by Crippen LogP contribution is -2.64. The van der Waals surface area contributed by atoms with Crippen molar-refractivity contribution in [1.29, 1.82) is 0 Å². The molecule has 1 heterocycles. The lowest BCUT2D eigenvalue weighted by atomic mass is 9.83. The minimum absolute atomic E-state index is 0.465. The van der Waals surface area contributed by atoms with Gasteiger partial charge in [-0.2, -0.15) is 0 Å². The van der Waals surface area contributed by atoms with Gasteiger partial charge in [0.05, 0.1) is 0 Å². The zero-order chi connectivity index (χ0) is 16.4. The lowest BCUT2D eigenvalue weighted by Gasteiger charge is -2.53. The zero-order valence-electron chi connectivity index (χ0n) is 16.2. The standard InChI is InChI=1S/C20H42N2/c1-6-8-10-12-14-16-20(3,15-13-11-9-7-2)22-17-19(18-22)21(4)5/h19H,6-18H2,1-5H3. The van der Waals surface area contributed by atoms with Gasteiger partial charge in [-0.1, -0.05) is 71.6 Å². The molecule has 0 spiro atoms. The highest BCUT2D eigenvalue weighted by molar-refractivity contribution is 4.97. The molecule has 2 nitrogen and oxygen atoms in total. The van der Waals surface area contributed by atoms with Crippen LogP contribution in [0.15, 0.2) is 0 Å². The van der Waals surface area contributed by atoms with E-state index in [4.69, 9.17) is 0 Å². The molecule has 0 aliphatic carbocycles. The summed E-state index contributed by atoms with van der Waals surface area (Å²) in [5, 5.41) is 0. The SMILES string of the molecule is CCCCCCCC(C)(CCCCCC)N1CC(N(C)C)C1. The van der Waals surface area contributed by atoms with Gasteiger partial charge in [-0.15, -0.1) is 0 Å². The molecule has 0 N–H and O–H groups in total. The average molecular weight is 311 g/mol. The van der Waals surface area contributed by atoms with Crippen molar-refractivity contribution in [1.82, 2.24) is 9.80 Å². The van der Waals surface area contributed by atoms with Crippen LogP contribution >= 0.6 is 0 Å². The van der Waals surface area contributed by atoms with Crippen LogP contribution in [-0.4, -0.2) is 48.6 Å². The first kappa shape index (κ1) is 20.0. The van der Waals surface area contributed by atoms with Crippen LogP contribution in [0.5, 0.6) is 0 Å². The summed E-state index contributed by atoms with van der Waals surface area (Å²) < 4.78 is 0. The molecular formula is C20H42N2. The van der Waals surface area contributed by atoms with E-state index in [0.29, 0.717) is 5.54 Å². The molecule has 132 valence electrons. The fourth-order valence-corrected chi connectivity index (χ4v) is 3.71. The highest BCUT2D eigenvalue weighted by Crippen LogP contribution is 2.33. The fraction of sp³-hybridized carbons (Fsp3) is 1.00. The summed E-state index contributed by atoms with van der Waals surface area (Å²) in [5.41, 5.74) is 0.465. The Labute approximate surface area is 140 Å². The summed E-state index contributed by atoms with van der Waals surface area (Å²) in [6, 6.07) is 0.787. The van der Waals surface area contributed by atoms with Crippen LogP contribution in [0.3, 0.4) is 0 Å². The second kappa shape index (κ2) is 10.6. The molecule has 1 rings (SSSR count). The van der Waals surface area contributed by atoms with Gasteiger partial charge in [0.2, 0.25) is 0 Å². The summed E-state index contributed by atoms with van der Waals surface area (Å²) in [4.78, 5) is 5.18. The molecule has 0 radical (unpaired) electrons. The Morgan fingerprint density at radius 3 is 1.73 bits per heavy atom. The molecule has 1 aliphatic rings. The fourth-order valence-electron chi connectivity index (χ4n) is 3.71. The monoisotopic (exact) mass is 310 g/mol. The molecule has 1 atom stereocenters. The summed E-state index contributed by atoms with van der Waals surface area (Å²) in [6.45, 7) is 9.73. The van der Waals surface area contributed by atoms with Crippen LogP contribution in [0.2, 0.25) is 0 Å². The van der Waals surface area contributed by atoms with Gasteiger partial charge in [-0.3, -0.25) is 4.90 Å². The van der Waals surface area contributed by atoms with Crippen molar-refractivity contribution in [3.63, 3.8) is 0 Å². The van der Waals surface area contributed by atoms with Gasteiger partial charge in [0.1, 0.15) is 0 Å². The first-order chi connectivity index (χ1) is 10.5. The van der Waals surface area contributed by atoms with E-state index in [-0.39, 0.29) is 0 Å². The van der Waals surface area contributed by atoms with Crippen molar-refractivity contribution in [2.45, 2.75) is 103 Å². The predicted octanol–water partition coefficient (Wildman–Crippen LogP) is 5.32. The molecule has 22 heavy (non-hydrogen) atoms. The Morgan fingerprint density at radius 1 is 0.818 bits per heavy atom. The molecule has 1 unspecified atom stereocenters. The molecule has 0 aromatic heterocycles. The summed E-state index contributed by atoms with van der Waals surface area (Å²) >= 11 is 0. The first-order valence-electron chi connectivity index (χ1n) is 9.95. The Bertz CT molecular complexity index is 271. The minimum Gasteiger partial charge on any atom is -0.304 e. The van der Waals surface area contributed by atoms with Gasteiger partial charge in [0.15, 0.2) is 0 Å². The topological polar surface area (TPSA) is 6.48 Å². The number of hydrogen-bond donors (Lipinski definition) is 0. The molecule has 0 bridgehead atoms. The first-order valence-corrected chi connectivity index (χ1v) is 9.95. The molecule has 0 amide bonds. The molecule has 0 saturated carbocycles. The van der Waals surface area contributed by atoms with Crippen molar-refractivity contribution in [3.8, 4) is 0 Å². The van der Waals surface area contributed by atoms with E-state index >= 15 is 0 Å². The summed E-state index contributed by atoms with van der Waals surface area (Å²) in [7, 11) is 4.46. The number of rotatable bonds is 13. The highest BCUT2D eigenvalue weighted by atomic mass is 15.3. The van der Waals surface area contributed by atoms with E-state index in [9.17, 15) is 0 Å². The maximum absolute atomic E-state index is 2.78. The second-order valence-corrected chi connectivity index (χ2v) is 7.99. The normalized spacial score (nSPS) is 19.4. The van der Waals surface area contributed by atoms with E-state index in [2.05, 4.69) is 44.7 Å². The van der Waals surface area contributed by atoms with Gasteiger partial charge in [-0.25, -0.2) is 0 Å². The third kappa shape index (κ3) is 6.58. The van der Waals surface area contributed by atoms with Crippen LogP contribution in [-0.2, 0) is 0 Å². The molecule has 0 aromatic carbocycles. The zero-order valence-corrected chi connectivity index (χ0v) is 16.2.